The SMILES string of the molecule is FC(F)Sc1ccc(NCc2nccs2)cc1. The molecular formula is C11H10F2N2S2. The van der Waals surface area contributed by atoms with Gasteiger partial charge in [-0.1, -0.05) is 11.8 Å². The van der Waals surface area contributed by atoms with E-state index >= 15 is 0 Å². The lowest BCUT2D eigenvalue weighted by Crippen LogP contribution is -1.98. The molecule has 2 aromatic rings. The number of hydrogen-bond donors (Lipinski definition) is 1. The molecule has 17 heavy (non-hydrogen) atoms. The Morgan fingerprint density at radius 3 is 2.65 bits per heavy atom. The summed E-state index contributed by atoms with van der Waals surface area (Å²) in [7, 11) is 0. The molecule has 0 fully saturated rings. The number of benzene rings is 1. The van der Waals surface area contributed by atoms with Crippen molar-refractivity contribution in [3.63, 3.8) is 0 Å². The van der Waals surface area contributed by atoms with Crippen LogP contribution in [-0.2, 0) is 6.54 Å². The Labute approximate surface area is 106 Å². The van der Waals surface area contributed by atoms with Gasteiger partial charge in [-0.3, -0.25) is 0 Å². The second-order valence-electron chi connectivity index (χ2n) is 3.18. The van der Waals surface area contributed by atoms with E-state index in [9.17, 15) is 8.78 Å². The third-order valence-electron chi connectivity index (χ3n) is 2.01. The number of nitrogens with zero attached hydrogens (tertiary/aromatic N) is 1. The van der Waals surface area contributed by atoms with Gasteiger partial charge in [-0.2, -0.15) is 8.78 Å². The van der Waals surface area contributed by atoms with Crippen molar-refractivity contribution >= 4 is 28.8 Å². The predicted molar refractivity (Wildman–Crippen MR) is 67.7 cm³/mol. The third-order valence-corrected chi connectivity index (χ3v) is 3.51. The summed E-state index contributed by atoms with van der Waals surface area (Å²) in [6.45, 7) is 0.652. The normalized spacial score (nSPS) is 10.8. The minimum atomic E-state index is -2.37. The highest BCUT2D eigenvalue weighted by Gasteiger charge is 2.04. The molecule has 0 saturated carbocycles. The highest BCUT2D eigenvalue weighted by Crippen LogP contribution is 2.26. The van der Waals surface area contributed by atoms with Gasteiger partial charge in [0.1, 0.15) is 5.01 Å². The Balaban J connectivity index is 1.89. The average Bonchev–Trinajstić information content (AvgIpc) is 2.80. The zero-order valence-corrected chi connectivity index (χ0v) is 10.4. The monoisotopic (exact) mass is 272 g/mol. The van der Waals surface area contributed by atoms with Gasteiger partial charge < -0.3 is 5.32 Å². The van der Waals surface area contributed by atoms with Crippen molar-refractivity contribution < 1.29 is 8.78 Å². The van der Waals surface area contributed by atoms with Crippen molar-refractivity contribution in [3.8, 4) is 0 Å². The second-order valence-corrected chi connectivity index (χ2v) is 5.22. The summed E-state index contributed by atoms with van der Waals surface area (Å²) in [6.07, 6.45) is 1.75. The van der Waals surface area contributed by atoms with Crippen molar-refractivity contribution in [3.05, 3.63) is 40.8 Å². The van der Waals surface area contributed by atoms with Crippen LogP contribution in [-0.4, -0.2) is 10.7 Å². The fourth-order valence-corrected chi connectivity index (χ4v) is 2.33. The Kier molecular flexibility index (Phi) is 4.33. The van der Waals surface area contributed by atoms with Gasteiger partial charge in [0, 0.05) is 22.2 Å². The van der Waals surface area contributed by atoms with Crippen LogP contribution < -0.4 is 5.32 Å². The summed E-state index contributed by atoms with van der Waals surface area (Å²) in [6, 6.07) is 6.94. The first-order valence-electron chi connectivity index (χ1n) is 4.91. The van der Waals surface area contributed by atoms with Crippen LogP contribution in [0.2, 0.25) is 0 Å². The molecule has 2 nitrogen and oxygen atoms in total. The van der Waals surface area contributed by atoms with Crippen molar-refractivity contribution in [2.24, 2.45) is 0 Å². The fraction of sp³-hybridized carbons (Fsp3) is 0.182. The van der Waals surface area contributed by atoms with E-state index in [-0.39, 0.29) is 0 Å². The molecule has 0 aliphatic heterocycles. The maximum Gasteiger partial charge on any atom is 0.288 e. The van der Waals surface area contributed by atoms with Gasteiger partial charge in [0.2, 0.25) is 0 Å². The highest BCUT2D eigenvalue weighted by atomic mass is 32.2. The molecule has 0 bridgehead atoms. The van der Waals surface area contributed by atoms with Crippen LogP contribution in [0.4, 0.5) is 14.5 Å². The van der Waals surface area contributed by atoms with Crippen LogP contribution >= 0.6 is 23.1 Å². The number of anilines is 1. The molecule has 1 N–H and O–H groups in total. The number of alkyl halides is 2. The van der Waals surface area contributed by atoms with Gasteiger partial charge in [-0.25, -0.2) is 4.98 Å². The van der Waals surface area contributed by atoms with Crippen molar-refractivity contribution in [2.75, 3.05) is 5.32 Å². The van der Waals surface area contributed by atoms with E-state index in [0.29, 0.717) is 23.2 Å². The molecule has 0 saturated heterocycles. The zero-order valence-electron chi connectivity index (χ0n) is 8.77. The van der Waals surface area contributed by atoms with Crippen molar-refractivity contribution in [1.29, 1.82) is 0 Å². The molecule has 1 aromatic heterocycles. The maximum absolute atomic E-state index is 12.1. The standard InChI is InChI=1S/C11H10F2N2S2/c12-11(13)17-9-3-1-8(2-4-9)15-7-10-14-5-6-16-10/h1-6,11,15H,7H2. The van der Waals surface area contributed by atoms with E-state index < -0.39 is 5.76 Å². The van der Waals surface area contributed by atoms with E-state index in [1.54, 1.807) is 41.8 Å². The van der Waals surface area contributed by atoms with E-state index in [1.165, 1.54) is 0 Å². The van der Waals surface area contributed by atoms with E-state index in [1.807, 2.05) is 5.38 Å². The van der Waals surface area contributed by atoms with Crippen LogP contribution in [0, 0.1) is 0 Å². The smallest absolute Gasteiger partial charge is 0.288 e. The lowest BCUT2D eigenvalue weighted by Gasteiger charge is -2.05. The number of thiazole rings is 1. The van der Waals surface area contributed by atoms with Crippen LogP contribution in [0.1, 0.15) is 5.01 Å². The van der Waals surface area contributed by atoms with Crippen LogP contribution in [0.15, 0.2) is 40.7 Å². The minimum Gasteiger partial charge on any atom is -0.379 e. The van der Waals surface area contributed by atoms with E-state index in [0.717, 1.165) is 10.7 Å². The molecule has 0 amide bonds. The number of nitrogens with one attached hydrogen (secondary N) is 1. The number of hydrogen-bond acceptors (Lipinski definition) is 4. The van der Waals surface area contributed by atoms with Gasteiger partial charge in [0.05, 0.1) is 6.54 Å². The molecule has 2 rings (SSSR count). The summed E-state index contributed by atoms with van der Waals surface area (Å²) in [4.78, 5) is 4.71. The Hall–Kier alpha value is -1.14. The molecular weight excluding hydrogens is 262 g/mol. The second kappa shape index (κ2) is 5.97. The number of thioether (sulfide) groups is 1. The van der Waals surface area contributed by atoms with Crippen LogP contribution in [0.3, 0.4) is 0 Å². The average molecular weight is 272 g/mol. The van der Waals surface area contributed by atoms with Crippen LogP contribution in [0.5, 0.6) is 0 Å². The number of aromatic nitrogens is 1. The van der Waals surface area contributed by atoms with Crippen LogP contribution in [0.25, 0.3) is 0 Å². The molecule has 0 radical (unpaired) electrons. The van der Waals surface area contributed by atoms with E-state index in [2.05, 4.69) is 10.3 Å². The van der Waals surface area contributed by atoms with E-state index in [4.69, 9.17) is 0 Å². The molecule has 0 spiro atoms. The summed E-state index contributed by atoms with van der Waals surface area (Å²) in [5, 5.41) is 6.09. The molecule has 0 unspecified atom stereocenters. The summed E-state index contributed by atoms with van der Waals surface area (Å²) < 4.78 is 24.2. The van der Waals surface area contributed by atoms with Gasteiger partial charge in [-0.05, 0) is 24.3 Å². The van der Waals surface area contributed by atoms with Gasteiger partial charge in [0.25, 0.3) is 5.76 Å². The molecule has 1 aromatic carbocycles. The first-order valence-corrected chi connectivity index (χ1v) is 6.67. The topological polar surface area (TPSA) is 24.9 Å². The predicted octanol–water partition coefficient (Wildman–Crippen LogP) is 4.07. The summed E-state index contributed by atoms with van der Waals surface area (Å²) in [5.41, 5.74) is 0.902. The molecule has 90 valence electrons. The molecule has 1 heterocycles. The van der Waals surface area contributed by atoms with Crippen molar-refractivity contribution in [1.82, 2.24) is 4.98 Å². The lowest BCUT2D eigenvalue weighted by atomic mass is 10.3. The Bertz CT molecular complexity index is 443. The first-order chi connectivity index (χ1) is 8.24. The van der Waals surface area contributed by atoms with Gasteiger partial charge >= 0.3 is 0 Å². The third kappa shape index (κ3) is 3.98. The Morgan fingerprint density at radius 2 is 2.06 bits per heavy atom. The molecule has 0 aliphatic carbocycles. The summed E-state index contributed by atoms with van der Waals surface area (Å²) >= 11 is 2.13. The quantitative estimate of drug-likeness (QED) is 0.830. The minimum absolute atomic E-state index is 0.552. The molecule has 0 aliphatic rings. The van der Waals surface area contributed by atoms with Gasteiger partial charge in [0.15, 0.2) is 0 Å². The lowest BCUT2D eigenvalue weighted by molar-refractivity contribution is 0.252. The highest BCUT2D eigenvalue weighted by molar-refractivity contribution is 7.99. The first kappa shape index (κ1) is 12.3. The summed E-state index contributed by atoms with van der Waals surface area (Å²) in [5.74, 6) is -2.37. The number of halogens is 2. The van der Waals surface area contributed by atoms with Gasteiger partial charge in [-0.15, -0.1) is 11.3 Å². The number of rotatable bonds is 5. The largest absolute Gasteiger partial charge is 0.379 e. The maximum atomic E-state index is 12.1. The fourth-order valence-electron chi connectivity index (χ4n) is 1.27. The molecule has 0 atom stereocenters. The Morgan fingerprint density at radius 1 is 1.29 bits per heavy atom. The zero-order chi connectivity index (χ0) is 12.1. The van der Waals surface area contributed by atoms with Crippen molar-refractivity contribution in [2.45, 2.75) is 17.2 Å². The molecule has 6 heteroatoms.